The van der Waals surface area contributed by atoms with Gasteiger partial charge in [-0.1, -0.05) is 19.1 Å². The van der Waals surface area contributed by atoms with Crippen molar-refractivity contribution in [2.45, 2.75) is 6.92 Å². The number of carbonyl (C=O) groups is 3. The quantitative estimate of drug-likeness (QED) is 0.763. The highest BCUT2D eigenvalue weighted by atomic mass is 16.5. The molecule has 4 rings (SSSR count). The number of ether oxygens (including phenoxy) is 1. The maximum Gasteiger partial charge on any atom is 0.261 e. The first-order valence-corrected chi connectivity index (χ1v) is 9.72. The first-order chi connectivity index (χ1) is 14.0. The molecule has 7 heteroatoms. The molecule has 0 spiro atoms. The molecule has 3 amide bonds. The average Bonchev–Trinajstić information content (AvgIpc) is 2.98. The summed E-state index contributed by atoms with van der Waals surface area (Å²) in [5.74, 6) is -0.404. The molecule has 0 saturated carbocycles. The summed E-state index contributed by atoms with van der Waals surface area (Å²) >= 11 is 0. The number of amides is 3. The largest absolute Gasteiger partial charge is 0.385 e. The van der Waals surface area contributed by atoms with E-state index in [1.807, 2.05) is 31.2 Å². The molecule has 1 N–H and O–H groups in total. The Bertz CT molecular complexity index is 906. The molecule has 1 atom stereocenters. The normalized spacial score (nSPS) is 17.5. The predicted octanol–water partition coefficient (Wildman–Crippen LogP) is 2.39. The van der Waals surface area contributed by atoms with E-state index in [-0.39, 0.29) is 30.2 Å². The lowest BCUT2D eigenvalue weighted by molar-refractivity contribution is -0.125. The number of nitrogens with zero attached hydrogens (tertiary/aromatic N) is 2. The fourth-order valence-corrected chi connectivity index (χ4v) is 3.62. The average molecular weight is 393 g/mol. The Kier molecular flexibility index (Phi) is 5.31. The van der Waals surface area contributed by atoms with Crippen molar-refractivity contribution in [2.24, 2.45) is 5.92 Å². The lowest BCUT2D eigenvalue weighted by atomic mass is 10.1. The van der Waals surface area contributed by atoms with E-state index >= 15 is 0 Å². The molecule has 2 aliphatic heterocycles. The van der Waals surface area contributed by atoms with Gasteiger partial charge in [0.1, 0.15) is 6.61 Å². The van der Waals surface area contributed by atoms with Gasteiger partial charge in [0.2, 0.25) is 0 Å². The van der Waals surface area contributed by atoms with Crippen molar-refractivity contribution >= 4 is 29.1 Å². The lowest BCUT2D eigenvalue weighted by Gasteiger charge is -2.27. The number of fused-ring (bicyclic) bond motifs is 1. The van der Waals surface area contributed by atoms with E-state index in [1.54, 1.807) is 29.2 Å². The maximum absolute atomic E-state index is 12.5. The SMILES string of the molecule is C[C@H](CNc1ccc(N2CCOCC2=O)cc1)CN1C(=O)c2ccccc2C1=O. The highest BCUT2D eigenvalue weighted by Gasteiger charge is 2.35. The van der Waals surface area contributed by atoms with Gasteiger partial charge in [0.05, 0.1) is 17.7 Å². The van der Waals surface area contributed by atoms with Gasteiger partial charge in [0.15, 0.2) is 0 Å². The van der Waals surface area contributed by atoms with Crippen LogP contribution in [0.3, 0.4) is 0 Å². The second kappa shape index (κ2) is 8.05. The third-order valence-corrected chi connectivity index (χ3v) is 5.19. The van der Waals surface area contributed by atoms with Gasteiger partial charge < -0.3 is 15.0 Å². The summed E-state index contributed by atoms with van der Waals surface area (Å²) in [4.78, 5) is 39.9. The smallest absolute Gasteiger partial charge is 0.261 e. The molecule has 150 valence electrons. The summed E-state index contributed by atoms with van der Waals surface area (Å²) in [6.45, 7) is 4.19. The number of imide groups is 1. The number of nitrogens with one attached hydrogen (secondary N) is 1. The van der Waals surface area contributed by atoms with Crippen molar-refractivity contribution in [3.63, 3.8) is 0 Å². The molecular formula is C22H23N3O4. The van der Waals surface area contributed by atoms with Crippen LogP contribution in [0.2, 0.25) is 0 Å². The Morgan fingerprint density at radius 2 is 1.66 bits per heavy atom. The summed E-state index contributed by atoms with van der Waals surface area (Å²) in [5, 5.41) is 3.33. The molecular weight excluding hydrogens is 370 g/mol. The summed E-state index contributed by atoms with van der Waals surface area (Å²) in [7, 11) is 0. The van der Waals surface area contributed by atoms with Crippen molar-refractivity contribution in [2.75, 3.05) is 43.1 Å². The topological polar surface area (TPSA) is 79.0 Å². The van der Waals surface area contributed by atoms with Crippen molar-refractivity contribution in [1.29, 1.82) is 0 Å². The zero-order valence-corrected chi connectivity index (χ0v) is 16.3. The molecule has 0 aromatic heterocycles. The van der Waals surface area contributed by atoms with E-state index in [1.165, 1.54) is 4.90 Å². The first-order valence-electron chi connectivity index (χ1n) is 9.72. The minimum atomic E-state index is -0.225. The monoisotopic (exact) mass is 393 g/mol. The Labute approximate surface area is 169 Å². The molecule has 2 aliphatic rings. The Hall–Kier alpha value is -3.19. The van der Waals surface area contributed by atoms with Crippen molar-refractivity contribution in [3.8, 4) is 0 Å². The van der Waals surface area contributed by atoms with Gasteiger partial charge in [-0.15, -0.1) is 0 Å². The van der Waals surface area contributed by atoms with E-state index in [0.29, 0.717) is 37.4 Å². The zero-order chi connectivity index (χ0) is 20.4. The van der Waals surface area contributed by atoms with Crippen molar-refractivity contribution in [1.82, 2.24) is 4.90 Å². The van der Waals surface area contributed by atoms with E-state index in [9.17, 15) is 14.4 Å². The summed E-state index contributed by atoms with van der Waals surface area (Å²) in [6, 6.07) is 14.6. The minimum Gasteiger partial charge on any atom is -0.385 e. The van der Waals surface area contributed by atoms with Crippen LogP contribution in [0.25, 0.3) is 0 Å². The second-order valence-corrected chi connectivity index (χ2v) is 7.40. The predicted molar refractivity (Wildman–Crippen MR) is 109 cm³/mol. The molecule has 1 saturated heterocycles. The number of morpholine rings is 1. The molecule has 0 aliphatic carbocycles. The number of benzene rings is 2. The van der Waals surface area contributed by atoms with E-state index in [2.05, 4.69) is 5.32 Å². The lowest BCUT2D eigenvalue weighted by Crippen LogP contribution is -2.41. The van der Waals surface area contributed by atoms with Crippen LogP contribution in [0, 0.1) is 5.92 Å². The molecule has 29 heavy (non-hydrogen) atoms. The summed E-state index contributed by atoms with van der Waals surface area (Å²) in [5.41, 5.74) is 2.73. The third kappa shape index (κ3) is 3.86. The van der Waals surface area contributed by atoms with Crippen LogP contribution in [0.1, 0.15) is 27.6 Å². The van der Waals surface area contributed by atoms with Gasteiger partial charge >= 0.3 is 0 Å². The number of rotatable bonds is 6. The molecule has 0 unspecified atom stereocenters. The van der Waals surface area contributed by atoms with Crippen LogP contribution in [0.15, 0.2) is 48.5 Å². The first kappa shape index (κ1) is 19.1. The maximum atomic E-state index is 12.5. The zero-order valence-electron chi connectivity index (χ0n) is 16.3. The van der Waals surface area contributed by atoms with Crippen LogP contribution >= 0.6 is 0 Å². The molecule has 2 aromatic rings. The van der Waals surface area contributed by atoms with E-state index in [0.717, 1.165) is 11.4 Å². The second-order valence-electron chi connectivity index (χ2n) is 7.40. The van der Waals surface area contributed by atoms with Crippen LogP contribution in [-0.4, -0.2) is 55.5 Å². The summed E-state index contributed by atoms with van der Waals surface area (Å²) in [6.07, 6.45) is 0. The molecule has 7 nitrogen and oxygen atoms in total. The van der Waals surface area contributed by atoms with Gasteiger partial charge in [-0.3, -0.25) is 19.3 Å². The van der Waals surface area contributed by atoms with Crippen LogP contribution in [-0.2, 0) is 9.53 Å². The number of anilines is 2. The number of hydrogen-bond acceptors (Lipinski definition) is 5. The van der Waals surface area contributed by atoms with E-state index in [4.69, 9.17) is 4.74 Å². The van der Waals surface area contributed by atoms with Gasteiger partial charge in [-0.2, -0.15) is 0 Å². The molecule has 0 bridgehead atoms. The number of hydrogen-bond donors (Lipinski definition) is 1. The Balaban J connectivity index is 1.32. The molecule has 0 radical (unpaired) electrons. The Morgan fingerprint density at radius 3 is 2.28 bits per heavy atom. The van der Waals surface area contributed by atoms with Gasteiger partial charge in [-0.05, 0) is 42.3 Å². The van der Waals surface area contributed by atoms with Gasteiger partial charge in [0.25, 0.3) is 17.7 Å². The Morgan fingerprint density at radius 1 is 1.00 bits per heavy atom. The highest BCUT2D eigenvalue weighted by Crippen LogP contribution is 2.24. The standard InChI is InChI=1S/C22H23N3O4/c1-15(13-25-21(27)18-4-2-3-5-19(18)22(25)28)12-23-16-6-8-17(9-7-16)24-10-11-29-14-20(24)26/h2-9,15,23H,10-14H2,1H3/t15-/m1/s1. The van der Waals surface area contributed by atoms with Gasteiger partial charge in [0, 0.05) is 31.0 Å². The van der Waals surface area contributed by atoms with Gasteiger partial charge in [-0.25, -0.2) is 0 Å². The molecule has 2 aromatic carbocycles. The fraction of sp³-hybridized carbons (Fsp3) is 0.318. The van der Waals surface area contributed by atoms with Crippen molar-refractivity contribution in [3.05, 3.63) is 59.7 Å². The molecule has 2 heterocycles. The highest BCUT2D eigenvalue weighted by molar-refractivity contribution is 6.21. The number of carbonyl (C=O) groups excluding carboxylic acids is 3. The minimum absolute atomic E-state index is 0.0356. The summed E-state index contributed by atoms with van der Waals surface area (Å²) < 4.78 is 5.16. The van der Waals surface area contributed by atoms with Crippen LogP contribution in [0.4, 0.5) is 11.4 Å². The van der Waals surface area contributed by atoms with E-state index < -0.39 is 0 Å². The van der Waals surface area contributed by atoms with Crippen LogP contribution in [0.5, 0.6) is 0 Å². The van der Waals surface area contributed by atoms with Crippen molar-refractivity contribution < 1.29 is 19.1 Å². The third-order valence-electron chi connectivity index (χ3n) is 5.19. The van der Waals surface area contributed by atoms with Crippen LogP contribution < -0.4 is 10.2 Å². The fourth-order valence-electron chi connectivity index (χ4n) is 3.62. The molecule has 1 fully saturated rings.